The van der Waals surface area contributed by atoms with Crippen molar-refractivity contribution in [2.75, 3.05) is 26.7 Å². The second kappa shape index (κ2) is 6.63. The average molecular weight is 263 g/mol. The number of amides is 1. The molecule has 1 aliphatic rings. The highest BCUT2D eigenvalue weighted by atomic mass is 16.3. The zero-order valence-electron chi connectivity index (χ0n) is 11.3. The molecule has 0 radical (unpaired) electrons. The second-order valence-electron chi connectivity index (χ2n) is 4.94. The summed E-state index contributed by atoms with van der Waals surface area (Å²) >= 11 is 0. The number of aliphatic hydroxyl groups excluding tert-OH is 1. The highest BCUT2D eigenvalue weighted by molar-refractivity contribution is 5.82. The highest BCUT2D eigenvalue weighted by Crippen LogP contribution is 2.14. The molecule has 1 fully saturated rings. The molecule has 1 aromatic heterocycles. The Bertz CT molecular complexity index is 410. The summed E-state index contributed by atoms with van der Waals surface area (Å²) < 4.78 is 0. The molecule has 1 unspecified atom stereocenters. The van der Waals surface area contributed by atoms with Gasteiger partial charge in [0.25, 0.3) is 0 Å². The van der Waals surface area contributed by atoms with Crippen molar-refractivity contribution in [2.45, 2.75) is 25.4 Å². The summed E-state index contributed by atoms with van der Waals surface area (Å²) in [5.41, 5.74) is 0.906. The molecule has 1 amide bonds. The molecule has 5 nitrogen and oxygen atoms in total. The van der Waals surface area contributed by atoms with Gasteiger partial charge in [0.15, 0.2) is 0 Å². The molecule has 0 spiro atoms. The molecule has 1 aliphatic heterocycles. The largest absolute Gasteiger partial charge is 0.396 e. The molecule has 0 saturated carbocycles. The maximum Gasteiger partial charge on any atom is 0.240 e. The molecule has 104 valence electrons. The number of pyridine rings is 1. The number of hydrogen-bond acceptors (Lipinski definition) is 4. The third kappa shape index (κ3) is 3.52. The van der Waals surface area contributed by atoms with Crippen LogP contribution in [0.5, 0.6) is 0 Å². The van der Waals surface area contributed by atoms with Gasteiger partial charge in [-0.25, -0.2) is 0 Å². The van der Waals surface area contributed by atoms with E-state index in [-0.39, 0.29) is 18.6 Å². The normalized spacial score (nSPS) is 21.5. The van der Waals surface area contributed by atoms with Gasteiger partial charge in [-0.2, -0.15) is 0 Å². The minimum absolute atomic E-state index is 0.0399. The van der Waals surface area contributed by atoms with E-state index in [1.807, 2.05) is 35.0 Å². The SMILES string of the molecule is CN1CCCN(Cc2ccccn2)C(=O)C1CCO. The molecule has 1 aromatic rings. The lowest BCUT2D eigenvalue weighted by Crippen LogP contribution is -2.44. The highest BCUT2D eigenvalue weighted by Gasteiger charge is 2.30. The van der Waals surface area contributed by atoms with E-state index in [9.17, 15) is 4.79 Å². The average Bonchev–Trinajstić information content (AvgIpc) is 2.55. The van der Waals surface area contributed by atoms with Gasteiger partial charge in [-0.15, -0.1) is 0 Å². The van der Waals surface area contributed by atoms with Gasteiger partial charge in [-0.1, -0.05) is 6.07 Å². The van der Waals surface area contributed by atoms with Crippen LogP contribution in [0.4, 0.5) is 0 Å². The molecule has 1 N–H and O–H groups in total. The molecule has 1 saturated heterocycles. The fraction of sp³-hybridized carbons (Fsp3) is 0.571. The topological polar surface area (TPSA) is 56.7 Å². The first-order valence-corrected chi connectivity index (χ1v) is 6.72. The van der Waals surface area contributed by atoms with Crippen LogP contribution in [0.3, 0.4) is 0 Å². The maximum atomic E-state index is 12.5. The van der Waals surface area contributed by atoms with E-state index in [4.69, 9.17) is 5.11 Å². The first-order chi connectivity index (χ1) is 9.22. The first kappa shape index (κ1) is 14.0. The number of carbonyl (C=O) groups is 1. The summed E-state index contributed by atoms with van der Waals surface area (Å²) in [5.74, 6) is 0.0969. The molecule has 5 heteroatoms. The predicted molar refractivity (Wildman–Crippen MR) is 72.4 cm³/mol. The molecule has 1 atom stereocenters. The van der Waals surface area contributed by atoms with Gasteiger partial charge in [-0.3, -0.25) is 14.7 Å². The van der Waals surface area contributed by atoms with Gasteiger partial charge in [0.2, 0.25) is 5.91 Å². The van der Waals surface area contributed by atoms with Crippen LogP contribution < -0.4 is 0 Å². The van der Waals surface area contributed by atoms with Crippen molar-refractivity contribution in [3.63, 3.8) is 0 Å². The van der Waals surface area contributed by atoms with Crippen molar-refractivity contribution >= 4 is 5.91 Å². The fourth-order valence-corrected chi connectivity index (χ4v) is 2.49. The smallest absolute Gasteiger partial charge is 0.240 e. The van der Waals surface area contributed by atoms with E-state index >= 15 is 0 Å². The Morgan fingerprint density at radius 3 is 2.95 bits per heavy atom. The van der Waals surface area contributed by atoms with Crippen LogP contribution in [0.1, 0.15) is 18.5 Å². The molecular formula is C14H21N3O2. The van der Waals surface area contributed by atoms with E-state index in [0.29, 0.717) is 13.0 Å². The maximum absolute atomic E-state index is 12.5. The standard InChI is InChI=1S/C14H21N3O2/c1-16-8-4-9-17(14(19)13(16)6-10-18)11-12-5-2-3-7-15-12/h2-3,5,7,13,18H,4,6,8-11H2,1H3. The van der Waals surface area contributed by atoms with E-state index in [2.05, 4.69) is 4.98 Å². The van der Waals surface area contributed by atoms with Gasteiger partial charge >= 0.3 is 0 Å². The van der Waals surface area contributed by atoms with E-state index in [0.717, 1.165) is 25.2 Å². The summed E-state index contributed by atoms with van der Waals surface area (Å²) in [6.45, 7) is 2.23. The number of rotatable bonds is 4. The molecule has 0 aromatic carbocycles. The van der Waals surface area contributed by atoms with Crippen LogP contribution in [0.2, 0.25) is 0 Å². The first-order valence-electron chi connectivity index (χ1n) is 6.72. The minimum Gasteiger partial charge on any atom is -0.396 e. The van der Waals surface area contributed by atoms with Crippen molar-refractivity contribution in [3.05, 3.63) is 30.1 Å². The number of hydrogen-bond donors (Lipinski definition) is 1. The zero-order valence-corrected chi connectivity index (χ0v) is 11.3. The molecule has 2 heterocycles. The van der Waals surface area contributed by atoms with Crippen LogP contribution in [-0.2, 0) is 11.3 Å². The lowest BCUT2D eigenvalue weighted by molar-refractivity contribution is -0.136. The van der Waals surface area contributed by atoms with Crippen LogP contribution in [-0.4, -0.2) is 58.6 Å². The fourth-order valence-electron chi connectivity index (χ4n) is 2.49. The van der Waals surface area contributed by atoms with E-state index in [1.165, 1.54) is 0 Å². The lowest BCUT2D eigenvalue weighted by atomic mass is 10.1. The zero-order chi connectivity index (χ0) is 13.7. The van der Waals surface area contributed by atoms with Gasteiger partial charge in [0.05, 0.1) is 18.3 Å². The molecule has 19 heavy (non-hydrogen) atoms. The summed E-state index contributed by atoms with van der Waals surface area (Å²) in [6, 6.07) is 5.53. The minimum atomic E-state index is -0.212. The Kier molecular flexibility index (Phi) is 4.87. The van der Waals surface area contributed by atoms with Gasteiger partial charge in [0.1, 0.15) is 0 Å². The van der Waals surface area contributed by atoms with E-state index < -0.39 is 0 Å². The van der Waals surface area contributed by atoms with Gasteiger partial charge in [-0.05, 0) is 32.0 Å². The Labute approximate surface area is 113 Å². The number of likely N-dealkylation sites (N-methyl/N-ethyl adjacent to an activating group) is 1. The summed E-state index contributed by atoms with van der Waals surface area (Å²) in [4.78, 5) is 20.7. The summed E-state index contributed by atoms with van der Waals surface area (Å²) in [6.07, 6.45) is 3.19. The third-order valence-electron chi connectivity index (χ3n) is 3.55. The molecular weight excluding hydrogens is 242 g/mol. The van der Waals surface area contributed by atoms with Gasteiger partial charge < -0.3 is 10.0 Å². The summed E-state index contributed by atoms with van der Waals surface area (Å²) in [7, 11) is 1.95. The van der Waals surface area contributed by atoms with Crippen molar-refractivity contribution in [3.8, 4) is 0 Å². The number of nitrogens with zero attached hydrogens (tertiary/aromatic N) is 3. The summed E-state index contributed by atoms with van der Waals surface area (Å²) in [5, 5.41) is 9.11. The monoisotopic (exact) mass is 263 g/mol. The van der Waals surface area contributed by atoms with Crippen molar-refractivity contribution in [1.82, 2.24) is 14.8 Å². The number of carbonyl (C=O) groups excluding carboxylic acids is 1. The van der Waals surface area contributed by atoms with Crippen LogP contribution in [0, 0.1) is 0 Å². The molecule has 0 bridgehead atoms. The third-order valence-corrected chi connectivity index (χ3v) is 3.55. The van der Waals surface area contributed by atoms with Crippen LogP contribution >= 0.6 is 0 Å². The number of aliphatic hydroxyl groups is 1. The van der Waals surface area contributed by atoms with Crippen molar-refractivity contribution in [1.29, 1.82) is 0 Å². The molecule has 0 aliphatic carbocycles. The predicted octanol–water partition coefficient (Wildman–Crippen LogP) is 0.497. The van der Waals surface area contributed by atoms with E-state index in [1.54, 1.807) is 6.20 Å². The number of aromatic nitrogens is 1. The Balaban J connectivity index is 2.09. The Hall–Kier alpha value is -1.46. The van der Waals surface area contributed by atoms with Crippen LogP contribution in [0.25, 0.3) is 0 Å². The quantitative estimate of drug-likeness (QED) is 0.859. The lowest BCUT2D eigenvalue weighted by Gasteiger charge is -2.27. The Morgan fingerprint density at radius 2 is 2.26 bits per heavy atom. The van der Waals surface area contributed by atoms with Gasteiger partial charge in [0, 0.05) is 25.9 Å². The molecule has 2 rings (SSSR count). The van der Waals surface area contributed by atoms with Crippen LogP contribution in [0.15, 0.2) is 24.4 Å². The Morgan fingerprint density at radius 1 is 1.42 bits per heavy atom. The van der Waals surface area contributed by atoms with Crippen molar-refractivity contribution < 1.29 is 9.90 Å². The van der Waals surface area contributed by atoms with Crippen molar-refractivity contribution in [2.24, 2.45) is 0 Å². The second-order valence-corrected chi connectivity index (χ2v) is 4.94.